The third kappa shape index (κ3) is 3.50. The van der Waals surface area contributed by atoms with Gasteiger partial charge >= 0.3 is 5.97 Å². The van der Waals surface area contributed by atoms with E-state index >= 15 is 0 Å². The highest BCUT2D eigenvalue weighted by Crippen LogP contribution is 2.18. The van der Waals surface area contributed by atoms with Gasteiger partial charge < -0.3 is 10.1 Å². The van der Waals surface area contributed by atoms with E-state index in [4.69, 9.17) is 4.74 Å². The maximum Gasteiger partial charge on any atom is 0.323 e. The molecule has 0 spiro atoms. The zero-order chi connectivity index (χ0) is 10.4. The number of esters is 1. The number of hydrogen-bond donors (Lipinski definition) is 1. The second-order valence-electron chi connectivity index (χ2n) is 3.44. The first-order valence-corrected chi connectivity index (χ1v) is 6.43. The van der Waals surface area contributed by atoms with Gasteiger partial charge in [-0.15, -0.1) is 0 Å². The normalized spacial score (nSPS) is 23.4. The Kier molecular flexibility index (Phi) is 5.33. The second kappa shape index (κ2) is 6.30. The Bertz CT molecular complexity index is 181. The summed E-state index contributed by atoms with van der Waals surface area (Å²) >= 11 is 1.95. The molecule has 1 aliphatic rings. The zero-order valence-corrected chi connectivity index (χ0v) is 9.73. The molecule has 1 aliphatic heterocycles. The minimum Gasteiger partial charge on any atom is -0.465 e. The van der Waals surface area contributed by atoms with Crippen LogP contribution in [0.2, 0.25) is 0 Å². The summed E-state index contributed by atoms with van der Waals surface area (Å²) in [5.74, 6) is 2.22. The number of carbonyl (C=O) groups is 1. The third-order valence-corrected chi connectivity index (χ3v) is 3.51. The van der Waals surface area contributed by atoms with Gasteiger partial charge in [-0.05, 0) is 25.5 Å². The predicted octanol–water partition coefficient (Wildman–Crippen LogP) is 1.42. The molecule has 0 aromatic carbocycles. The highest BCUT2D eigenvalue weighted by atomic mass is 32.2. The Labute approximate surface area is 90.0 Å². The summed E-state index contributed by atoms with van der Waals surface area (Å²) in [6.07, 6.45) is 1.97. The molecule has 2 atom stereocenters. The topological polar surface area (TPSA) is 38.3 Å². The highest BCUT2D eigenvalue weighted by Gasteiger charge is 2.23. The summed E-state index contributed by atoms with van der Waals surface area (Å²) in [6.45, 7) is 4.32. The molecule has 0 aliphatic carbocycles. The molecule has 3 nitrogen and oxygen atoms in total. The second-order valence-corrected chi connectivity index (χ2v) is 4.59. The molecule has 14 heavy (non-hydrogen) atoms. The molecule has 2 unspecified atom stereocenters. The smallest absolute Gasteiger partial charge is 0.323 e. The van der Waals surface area contributed by atoms with Crippen molar-refractivity contribution in [3.8, 4) is 0 Å². The van der Waals surface area contributed by atoms with Crippen LogP contribution in [-0.2, 0) is 9.53 Å². The summed E-state index contributed by atoms with van der Waals surface area (Å²) in [5.41, 5.74) is 0. The van der Waals surface area contributed by atoms with Gasteiger partial charge in [0.15, 0.2) is 0 Å². The number of carbonyl (C=O) groups excluding carboxylic acids is 1. The van der Waals surface area contributed by atoms with Crippen LogP contribution in [0.5, 0.6) is 0 Å². The molecule has 0 aromatic rings. The van der Waals surface area contributed by atoms with Crippen LogP contribution in [-0.4, -0.2) is 36.2 Å². The lowest BCUT2D eigenvalue weighted by Crippen LogP contribution is -2.43. The van der Waals surface area contributed by atoms with Crippen molar-refractivity contribution in [1.29, 1.82) is 0 Å². The van der Waals surface area contributed by atoms with Crippen LogP contribution in [0.3, 0.4) is 0 Å². The SMILES string of the molecule is CCOC(=O)C(CC)NC1CCSC1. The molecule has 0 aromatic heterocycles. The summed E-state index contributed by atoms with van der Waals surface area (Å²) in [6, 6.07) is 0.382. The van der Waals surface area contributed by atoms with Crippen LogP contribution in [0.15, 0.2) is 0 Å². The molecule has 82 valence electrons. The van der Waals surface area contributed by atoms with Gasteiger partial charge in [0.05, 0.1) is 6.61 Å². The van der Waals surface area contributed by atoms with E-state index in [2.05, 4.69) is 5.32 Å². The standard InChI is InChI=1S/C10H19NO2S/c1-3-9(10(12)13-4-2)11-8-5-6-14-7-8/h8-9,11H,3-7H2,1-2H3. The fraction of sp³-hybridized carbons (Fsp3) is 0.900. The van der Waals surface area contributed by atoms with Gasteiger partial charge in [-0.2, -0.15) is 11.8 Å². The predicted molar refractivity (Wildman–Crippen MR) is 59.6 cm³/mol. The van der Waals surface area contributed by atoms with E-state index in [-0.39, 0.29) is 12.0 Å². The summed E-state index contributed by atoms with van der Waals surface area (Å²) < 4.78 is 5.00. The fourth-order valence-corrected chi connectivity index (χ4v) is 2.71. The van der Waals surface area contributed by atoms with Crippen molar-refractivity contribution >= 4 is 17.7 Å². The first-order valence-electron chi connectivity index (χ1n) is 5.28. The Balaban J connectivity index is 2.33. The van der Waals surface area contributed by atoms with Crippen molar-refractivity contribution in [1.82, 2.24) is 5.32 Å². The molecule has 1 heterocycles. The molecular formula is C10H19NO2S. The van der Waals surface area contributed by atoms with E-state index in [1.807, 2.05) is 25.6 Å². The molecule has 0 saturated carbocycles. The minimum atomic E-state index is -0.112. The monoisotopic (exact) mass is 217 g/mol. The van der Waals surface area contributed by atoms with E-state index in [1.54, 1.807) is 0 Å². The van der Waals surface area contributed by atoms with E-state index < -0.39 is 0 Å². The number of ether oxygens (including phenoxy) is 1. The molecule has 1 saturated heterocycles. The van der Waals surface area contributed by atoms with Crippen molar-refractivity contribution in [2.75, 3.05) is 18.1 Å². The largest absolute Gasteiger partial charge is 0.465 e. The summed E-state index contributed by atoms with van der Waals surface area (Å²) in [4.78, 5) is 11.5. The van der Waals surface area contributed by atoms with Crippen LogP contribution < -0.4 is 5.32 Å². The van der Waals surface area contributed by atoms with Crippen molar-refractivity contribution in [3.05, 3.63) is 0 Å². The number of hydrogen-bond acceptors (Lipinski definition) is 4. The lowest BCUT2D eigenvalue weighted by Gasteiger charge is -2.19. The third-order valence-electron chi connectivity index (χ3n) is 2.35. The van der Waals surface area contributed by atoms with E-state index in [1.165, 1.54) is 12.2 Å². The van der Waals surface area contributed by atoms with Gasteiger partial charge in [0.25, 0.3) is 0 Å². The van der Waals surface area contributed by atoms with E-state index in [0.29, 0.717) is 12.6 Å². The molecular weight excluding hydrogens is 198 g/mol. The highest BCUT2D eigenvalue weighted by molar-refractivity contribution is 7.99. The first-order chi connectivity index (χ1) is 6.77. The van der Waals surface area contributed by atoms with Gasteiger partial charge in [0, 0.05) is 11.8 Å². The average Bonchev–Trinajstić information content (AvgIpc) is 2.66. The maximum absolute atomic E-state index is 11.5. The molecule has 1 N–H and O–H groups in total. The van der Waals surface area contributed by atoms with Crippen LogP contribution in [0.1, 0.15) is 26.7 Å². The Morgan fingerprint density at radius 1 is 1.64 bits per heavy atom. The number of nitrogens with one attached hydrogen (secondary N) is 1. The van der Waals surface area contributed by atoms with Gasteiger partial charge in [-0.1, -0.05) is 6.92 Å². The lowest BCUT2D eigenvalue weighted by atomic mass is 10.1. The number of thioether (sulfide) groups is 1. The van der Waals surface area contributed by atoms with Gasteiger partial charge in [-0.25, -0.2) is 0 Å². The fourth-order valence-electron chi connectivity index (χ4n) is 1.55. The Morgan fingerprint density at radius 3 is 2.93 bits per heavy atom. The van der Waals surface area contributed by atoms with Crippen LogP contribution in [0.4, 0.5) is 0 Å². The molecule has 0 bridgehead atoms. The number of rotatable bonds is 5. The summed E-state index contributed by atoms with van der Waals surface area (Å²) in [7, 11) is 0. The molecule has 0 amide bonds. The Morgan fingerprint density at radius 2 is 2.43 bits per heavy atom. The van der Waals surface area contributed by atoms with Crippen LogP contribution in [0.25, 0.3) is 0 Å². The van der Waals surface area contributed by atoms with E-state index in [9.17, 15) is 4.79 Å². The lowest BCUT2D eigenvalue weighted by molar-refractivity contribution is -0.145. The maximum atomic E-state index is 11.5. The summed E-state index contributed by atoms with van der Waals surface area (Å²) in [5, 5.41) is 3.35. The van der Waals surface area contributed by atoms with Crippen molar-refractivity contribution < 1.29 is 9.53 Å². The van der Waals surface area contributed by atoms with E-state index in [0.717, 1.165) is 12.2 Å². The van der Waals surface area contributed by atoms with Gasteiger partial charge in [0.1, 0.15) is 6.04 Å². The average molecular weight is 217 g/mol. The minimum absolute atomic E-state index is 0.105. The molecule has 1 fully saturated rings. The van der Waals surface area contributed by atoms with Crippen LogP contribution >= 0.6 is 11.8 Å². The van der Waals surface area contributed by atoms with Crippen LogP contribution in [0, 0.1) is 0 Å². The quantitative estimate of drug-likeness (QED) is 0.707. The van der Waals surface area contributed by atoms with Crippen molar-refractivity contribution in [2.24, 2.45) is 0 Å². The van der Waals surface area contributed by atoms with Crippen molar-refractivity contribution in [2.45, 2.75) is 38.8 Å². The van der Waals surface area contributed by atoms with Crippen molar-refractivity contribution in [3.63, 3.8) is 0 Å². The van der Waals surface area contributed by atoms with Gasteiger partial charge in [0.2, 0.25) is 0 Å². The Hall–Kier alpha value is -0.220. The molecule has 0 radical (unpaired) electrons. The van der Waals surface area contributed by atoms with Gasteiger partial charge in [-0.3, -0.25) is 4.79 Å². The first kappa shape index (κ1) is 11.9. The molecule has 1 rings (SSSR count). The molecule has 4 heteroatoms. The zero-order valence-electron chi connectivity index (χ0n) is 8.91.